The van der Waals surface area contributed by atoms with Crippen molar-refractivity contribution in [2.75, 3.05) is 18.8 Å². The van der Waals surface area contributed by atoms with Gasteiger partial charge in [0.05, 0.1) is 0 Å². The molecule has 0 aromatic carbocycles. The van der Waals surface area contributed by atoms with Crippen molar-refractivity contribution >= 4 is 12.6 Å². The van der Waals surface area contributed by atoms with Crippen LogP contribution in [0.25, 0.3) is 0 Å². The minimum absolute atomic E-state index is 0.697. The number of thiol groups is 1. The van der Waals surface area contributed by atoms with Gasteiger partial charge in [0.1, 0.15) is 0 Å². The number of piperidine rings is 1. The highest BCUT2D eigenvalue weighted by atomic mass is 32.1. The minimum atomic E-state index is 0.697. The topological polar surface area (TPSA) is 3.24 Å². The molecule has 1 aliphatic heterocycles. The smallest absolute Gasteiger partial charge is 0.0201 e. The first kappa shape index (κ1) is 12.1. The van der Waals surface area contributed by atoms with Gasteiger partial charge in [-0.15, -0.1) is 0 Å². The van der Waals surface area contributed by atoms with Crippen molar-refractivity contribution < 1.29 is 0 Å². The van der Waals surface area contributed by atoms with Gasteiger partial charge in [-0.1, -0.05) is 26.0 Å². The zero-order valence-electron chi connectivity index (χ0n) is 9.66. The van der Waals surface area contributed by atoms with Crippen LogP contribution in [0.15, 0.2) is 12.2 Å². The first-order valence-electron chi connectivity index (χ1n) is 5.56. The molecular weight excluding hydrogens is 190 g/mol. The Bertz CT molecular complexity index is 202. The Balaban J connectivity index is 2.53. The molecule has 1 saturated heterocycles. The van der Waals surface area contributed by atoms with E-state index < -0.39 is 0 Å². The van der Waals surface area contributed by atoms with E-state index in [0.717, 1.165) is 24.1 Å². The van der Waals surface area contributed by atoms with E-state index in [2.05, 4.69) is 44.9 Å². The summed E-state index contributed by atoms with van der Waals surface area (Å²) in [6.45, 7) is 13.3. The lowest BCUT2D eigenvalue weighted by Gasteiger charge is -2.41. The summed E-state index contributed by atoms with van der Waals surface area (Å²) in [5.74, 6) is 2.45. The van der Waals surface area contributed by atoms with Crippen LogP contribution < -0.4 is 0 Å². The number of nitrogens with zero attached hydrogens (tertiary/aromatic N) is 1. The van der Waals surface area contributed by atoms with Crippen molar-refractivity contribution in [1.29, 1.82) is 0 Å². The molecule has 1 fully saturated rings. The fraction of sp³-hybridized carbons (Fsp3) is 0.833. The lowest BCUT2D eigenvalue weighted by Crippen LogP contribution is -2.46. The molecular formula is C12H23NS. The second-order valence-corrected chi connectivity index (χ2v) is 5.21. The van der Waals surface area contributed by atoms with Crippen molar-refractivity contribution in [3.63, 3.8) is 0 Å². The van der Waals surface area contributed by atoms with E-state index in [-0.39, 0.29) is 0 Å². The fourth-order valence-corrected chi connectivity index (χ4v) is 2.48. The van der Waals surface area contributed by atoms with Crippen LogP contribution in [0, 0.1) is 11.8 Å². The van der Waals surface area contributed by atoms with Gasteiger partial charge in [0.25, 0.3) is 0 Å². The van der Waals surface area contributed by atoms with E-state index in [1.807, 2.05) is 0 Å². The third-order valence-electron chi connectivity index (χ3n) is 3.37. The number of likely N-dealkylation sites (tertiary alicyclic amines) is 1. The molecule has 0 amide bonds. The SMILES string of the molecule is C=C(CS)CN1CC(C)CC(C)C1C. The zero-order chi connectivity index (χ0) is 10.7. The van der Waals surface area contributed by atoms with Gasteiger partial charge in [-0.05, 0) is 25.2 Å². The first-order chi connectivity index (χ1) is 6.54. The van der Waals surface area contributed by atoms with Crippen LogP contribution in [0.3, 0.4) is 0 Å². The Morgan fingerprint density at radius 3 is 2.64 bits per heavy atom. The van der Waals surface area contributed by atoms with Crippen LogP contribution in [0.2, 0.25) is 0 Å². The Hall–Kier alpha value is 0.0500. The van der Waals surface area contributed by atoms with Crippen LogP contribution in [-0.4, -0.2) is 29.8 Å². The Morgan fingerprint density at radius 2 is 2.07 bits per heavy atom. The highest BCUT2D eigenvalue weighted by molar-refractivity contribution is 7.80. The third kappa shape index (κ3) is 3.03. The quantitative estimate of drug-likeness (QED) is 0.557. The monoisotopic (exact) mass is 213 g/mol. The summed E-state index contributed by atoms with van der Waals surface area (Å²) in [5.41, 5.74) is 1.24. The molecule has 0 spiro atoms. The van der Waals surface area contributed by atoms with Gasteiger partial charge in [-0.25, -0.2) is 0 Å². The van der Waals surface area contributed by atoms with Gasteiger partial charge in [-0.3, -0.25) is 4.90 Å². The van der Waals surface area contributed by atoms with E-state index in [4.69, 9.17) is 0 Å². The zero-order valence-corrected chi connectivity index (χ0v) is 10.6. The molecule has 2 heteroatoms. The summed E-state index contributed by atoms with van der Waals surface area (Å²) in [4.78, 5) is 2.55. The first-order valence-corrected chi connectivity index (χ1v) is 6.19. The van der Waals surface area contributed by atoms with Crippen molar-refractivity contribution in [2.24, 2.45) is 11.8 Å². The van der Waals surface area contributed by atoms with E-state index >= 15 is 0 Å². The molecule has 0 aromatic rings. The maximum Gasteiger partial charge on any atom is 0.0201 e. The molecule has 0 aromatic heterocycles. The number of rotatable bonds is 3. The van der Waals surface area contributed by atoms with Gasteiger partial charge in [-0.2, -0.15) is 12.6 Å². The largest absolute Gasteiger partial charge is 0.296 e. The highest BCUT2D eigenvalue weighted by Gasteiger charge is 2.28. The fourth-order valence-electron chi connectivity index (χ4n) is 2.38. The van der Waals surface area contributed by atoms with Gasteiger partial charge < -0.3 is 0 Å². The minimum Gasteiger partial charge on any atom is -0.296 e. The molecule has 3 atom stereocenters. The Morgan fingerprint density at radius 1 is 1.43 bits per heavy atom. The second kappa shape index (κ2) is 5.22. The molecule has 1 rings (SSSR count). The van der Waals surface area contributed by atoms with Crippen LogP contribution in [0.4, 0.5) is 0 Å². The maximum atomic E-state index is 4.26. The second-order valence-electron chi connectivity index (χ2n) is 4.90. The number of hydrogen-bond donors (Lipinski definition) is 1. The molecule has 14 heavy (non-hydrogen) atoms. The molecule has 0 N–H and O–H groups in total. The molecule has 1 heterocycles. The normalized spacial score (nSPS) is 34.4. The van der Waals surface area contributed by atoms with Crippen LogP contribution in [0.1, 0.15) is 27.2 Å². The van der Waals surface area contributed by atoms with E-state index in [9.17, 15) is 0 Å². The lowest BCUT2D eigenvalue weighted by atomic mass is 9.86. The van der Waals surface area contributed by atoms with Crippen LogP contribution in [0.5, 0.6) is 0 Å². The predicted octanol–water partition coefficient (Wildman–Crippen LogP) is 2.84. The van der Waals surface area contributed by atoms with Crippen LogP contribution in [-0.2, 0) is 0 Å². The van der Waals surface area contributed by atoms with E-state index in [0.29, 0.717) is 6.04 Å². The summed E-state index contributed by atoms with van der Waals surface area (Å²) < 4.78 is 0. The summed E-state index contributed by atoms with van der Waals surface area (Å²) >= 11 is 4.26. The predicted molar refractivity (Wildman–Crippen MR) is 67.0 cm³/mol. The summed E-state index contributed by atoms with van der Waals surface area (Å²) in [7, 11) is 0. The average molecular weight is 213 g/mol. The van der Waals surface area contributed by atoms with E-state index in [1.165, 1.54) is 18.5 Å². The molecule has 82 valence electrons. The van der Waals surface area contributed by atoms with Gasteiger partial charge in [0.15, 0.2) is 0 Å². The van der Waals surface area contributed by atoms with Gasteiger partial charge >= 0.3 is 0 Å². The van der Waals surface area contributed by atoms with Crippen molar-refractivity contribution in [1.82, 2.24) is 4.90 Å². The molecule has 1 nitrogen and oxygen atoms in total. The lowest BCUT2D eigenvalue weighted by molar-refractivity contribution is 0.0893. The third-order valence-corrected chi connectivity index (χ3v) is 3.82. The molecule has 3 unspecified atom stereocenters. The summed E-state index contributed by atoms with van der Waals surface area (Å²) in [5, 5.41) is 0. The molecule has 0 saturated carbocycles. The summed E-state index contributed by atoms with van der Waals surface area (Å²) in [6, 6.07) is 0.697. The van der Waals surface area contributed by atoms with Crippen molar-refractivity contribution in [3.05, 3.63) is 12.2 Å². The average Bonchev–Trinajstić information content (AvgIpc) is 2.13. The van der Waals surface area contributed by atoms with Gasteiger partial charge in [0, 0.05) is 24.9 Å². The Labute approximate surface area is 94.0 Å². The molecule has 1 aliphatic rings. The van der Waals surface area contributed by atoms with Crippen molar-refractivity contribution in [3.8, 4) is 0 Å². The highest BCUT2D eigenvalue weighted by Crippen LogP contribution is 2.27. The van der Waals surface area contributed by atoms with E-state index in [1.54, 1.807) is 0 Å². The number of hydrogen-bond acceptors (Lipinski definition) is 2. The molecule has 0 bridgehead atoms. The maximum absolute atomic E-state index is 4.26. The van der Waals surface area contributed by atoms with Gasteiger partial charge in [0.2, 0.25) is 0 Å². The van der Waals surface area contributed by atoms with Crippen LogP contribution >= 0.6 is 12.6 Å². The summed E-state index contributed by atoms with van der Waals surface area (Å²) in [6.07, 6.45) is 1.37. The molecule has 0 aliphatic carbocycles. The standard InChI is InChI=1S/C12H23NS/c1-9-5-11(3)12(4)13(6-9)7-10(2)8-14/h9,11-12,14H,2,5-8H2,1,3-4H3. The van der Waals surface area contributed by atoms with Crippen molar-refractivity contribution in [2.45, 2.75) is 33.2 Å². The Kier molecular flexibility index (Phi) is 4.52. The molecule has 0 radical (unpaired) electrons.